The van der Waals surface area contributed by atoms with E-state index in [9.17, 15) is 25.2 Å². The van der Waals surface area contributed by atoms with Crippen molar-refractivity contribution in [2.24, 2.45) is 0 Å². The number of nitrogens with zero attached hydrogens (tertiary/aromatic N) is 1. The average Bonchev–Trinajstić information content (AvgIpc) is 2.52. The SMILES string of the molecule is CC[C@H]1[C@@H](O)[C@H](COC2OC(CO)C(O)C(O)[C@@H]2O)N1C(C)=O. The van der Waals surface area contributed by atoms with Crippen molar-refractivity contribution in [3.63, 3.8) is 0 Å². The second-order valence-corrected chi connectivity index (χ2v) is 5.99. The Hall–Kier alpha value is -0.810. The van der Waals surface area contributed by atoms with Crippen LogP contribution in [-0.2, 0) is 14.3 Å². The lowest BCUT2D eigenvalue weighted by atomic mass is 9.87. The van der Waals surface area contributed by atoms with Crippen molar-refractivity contribution in [3.05, 3.63) is 0 Å². The first-order valence-electron chi connectivity index (χ1n) is 7.72. The smallest absolute Gasteiger partial charge is 0.220 e. The Morgan fingerprint density at radius 1 is 1.09 bits per heavy atom. The van der Waals surface area contributed by atoms with Gasteiger partial charge in [-0.05, 0) is 6.42 Å². The Morgan fingerprint density at radius 2 is 1.74 bits per heavy atom. The summed E-state index contributed by atoms with van der Waals surface area (Å²) in [6.07, 6.45) is -6.94. The molecule has 2 heterocycles. The van der Waals surface area contributed by atoms with E-state index >= 15 is 0 Å². The fourth-order valence-electron chi connectivity index (χ4n) is 3.21. The number of ether oxygens (including phenoxy) is 2. The predicted molar refractivity (Wildman–Crippen MR) is 76.1 cm³/mol. The monoisotopic (exact) mass is 335 g/mol. The molecular formula is C14H25NO8. The highest BCUT2D eigenvalue weighted by molar-refractivity contribution is 5.75. The van der Waals surface area contributed by atoms with Crippen LogP contribution >= 0.6 is 0 Å². The Labute approximate surface area is 134 Å². The van der Waals surface area contributed by atoms with Crippen LogP contribution in [0.15, 0.2) is 0 Å². The molecular weight excluding hydrogens is 310 g/mol. The van der Waals surface area contributed by atoms with Crippen LogP contribution in [-0.4, -0.2) is 98.4 Å². The van der Waals surface area contributed by atoms with E-state index in [0.29, 0.717) is 6.42 Å². The molecule has 0 bridgehead atoms. The highest BCUT2D eigenvalue weighted by Gasteiger charge is 2.49. The second-order valence-electron chi connectivity index (χ2n) is 5.99. The molecule has 0 aromatic rings. The van der Waals surface area contributed by atoms with Gasteiger partial charge in [-0.15, -0.1) is 0 Å². The highest BCUT2D eigenvalue weighted by Crippen LogP contribution is 2.30. The van der Waals surface area contributed by atoms with Crippen LogP contribution in [0.4, 0.5) is 0 Å². The van der Waals surface area contributed by atoms with Crippen LogP contribution in [0.5, 0.6) is 0 Å². The molecule has 5 N–H and O–H groups in total. The molecule has 0 spiro atoms. The third kappa shape index (κ3) is 3.36. The molecule has 9 heteroatoms. The minimum atomic E-state index is -1.52. The first kappa shape index (κ1) is 18.5. The number of carbonyl (C=O) groups is 1. The van der Waals surface area contributed by atoms with E-state index in [0.717, 1.165) is 0 Å². The number of likely N-dealkylation sites (tertiary alicyclic amines) is 1. The maximum atomic E-state index is 11.6. The summed E-state index contributed by atoms with van der Waals surface area (Å²) >= 11 is 0. The van der Waals surface area contributed by atoms with Gasteiger partial charge in [0.15, 0.2) is 6.29 Å². The number of hydrogen-bond acceptors (Lipinski definition) is 8. The van der Waals surface area contributed by atoms with Crippen molar-refractivity contribution < 1.29 is 39.8 Å². The summed E-state index contributed by atoms with van der Waals surface area (Å²) in [5.74, 6) is -0.190. The van der Waals surface area contributed by atoms with Crippen molar-refractivity contribution in [1.82, 2.24) is 4.90 Å². The van der Waals surface area contributed by atoms with Crippen molar-refractivity contribution in [2.75, 3.05) is 13.2 Å². The van der Waals surface area contributed by atoms with E-state index in [-0.39, 0.29) is 18.6 Å². The van der Waals surface area contributed by atoms with Crippen molar-refractivity contribution in [1.29, 1.82) is 0 Å². The van der Waals surface area contributed by atoms with E-state index in [2.05, 4.69) is 0 Å². The number of carbonyl (C=O) groups excluding carboxylic acids is 1. The highest BCUT2D eigenvalue weighted by atomic mass is 16.7. The van der Waals surface area contributed by atoms with Crippen LogP contribution in [0.3, 0.4) is 0 Å². The third-order valence-electron chi connectivity index (χ3n) is 4.56. The Kier molecular flexibility index (Phi) is 5.95. The lowest BCUT2D eigenvalue weighted by Crippen LogP contribution is -2.70. The number of aliphatic hydroxyl groups is 5. The Balaban J connectivity index is 1.95. The van der Waals surface area contributed by atoms with Crippen molar-refractivity contribution in [2.45, 2.75) is 69.2 Å². The van der Waals surface area contributed by atoms with E-state index in [1.807, 2.05) is 6.92 Å². The van der Waals surface area contributed by atoms with Crippen LogP contribution < -0.4 is 0 Å². The maximum Gasteiger partial charge on any atom is 0.220 e. The molecule has 9 nitrogen and oxygen atoms in total. The summed E-state index contributed by atoms with van der Waals surface area (Å²) < 4.78 is 10.6. The topological polar surface area (TPSA) is 140 Å². The molecule has 0 radical (unpaired) electrons. The van der Waals surface area contributed by atoms with Gasteiger partial charge in [-0.1, -0.05) is 6.92 Å². The van der Waals surface area contributed by atoms with Crippen molar-refractivity contribution >= 4 is 5.91 Å². The van der Waals surface area contributed by atoms with Gasteiger partial charge in [0.25, 0.3) is 0 Å². The molecule has 23 heavy (non-hydrogen) atoms. The average molecular weight is 335 g/mol. The zero-order valence-corrected chi connectivity index (χ0v) is 13.1. The summed E-state index contributed by atoms with van der Waals surface area (Å²) in [6, 6.07) is -0.833. The normalized spacial score (nSPS) is 44.0. The molecule has 8 atom stereocenters. The molecule has 0 aromatic carbocycles. The van der Waals surface area contributed by atoms with Gasteiger partial charge in [-0.3, -0.25) is 4.79 Å². The predicted octanol–water partition coefficient (Wildman–Crippen LogP) is -2.83. The van der Waals surface area contributed by atoms with Crippen LogP contribution in [0, 0.1) is 0 Å². The number of aliphatic hydroxyl groups excluding tert-OH is 5. The summed E-state index contributed by atoms with van der Waals surface area (Å²) in [6.45, 7) is 2.61. The fourth-order valence-corrected chi connectivity index (χ4v) is 3.21. The molecule has 4 unspecified atom stereocenters. The molecule has 2 aliphatic rings. The van der Waals surface area contributed by atoms with Gasteiger partial charge in [0.2, 0.25) is 5.91 Å². The molecule has 0 saturated carbocycles. The molecule has 2 rings (SSSR count). The maximum absolute atomic E-state index is 11.6. The zero-order valence-electron chi connectivity index (χ0n) is 13.1. The van der Waals surface area contributed by atoms with Crippen LogP contribution in [0.2, 0.25) is 0 Å². The van der Waals surface area contributed by atoms with Gasteiger partial charge in [-0.2, -0.15) is 0 Å². The first-order chi connectivity index (χ1) is 10.8. The van der Waals surface area contributed by atoms with Gasteiger partial charge in [-0.25, -0.2) is 0 Å². The molecule has 134 valence electrons. The largest absolute Gasteiger partial charge is 0.394 e. The molecule has 1 amide bonds. The molecule has 2 fully saturated rings. The lowest BCUT2D eigenvalue weighted by molar-refractivity contribution is -0.307. The molecule has 0 aliphatic carbocycles. The first-order valence-corrected chi connectivity index (χ1v) is 7.72. The minimum absolute atomic E-state index is 0.0973. The Morgan fingerprint density at radius 3 is 2.26 bits per heavy atom. The number of hydrogen-bond donors (Lipinski definition) is 5. The van der Waals surface area contributed by atoms with Gasteiger partial charge >= 0.3 is 0 Å². The second kappa shape index (κ2) is 7.39. The van der Waals surface area contributed by atoms with Gasteiger partial charge in [0, 0.05) is 6.92 Å². The third-order valence-corrected chi connectivity index (χ3v) is 4.56. The standard InChI is InChI=1S/C14H25NO8/c1-3-7-10(18)8(15(7)6(2)17)5-22-14-13(21)12(20)11(19)9(4-16)23-14/h7-14,16,18-21H,3-5H2,1-2H3/t7-,8-,9?,10+,11?,12?,13-,14?/m0/s1. The van der Waals surface area contributed by atoms with E-state index in [1.54, 1.807) is 0 Å². The zero-order chi connectivity index (χ0) is 17.3. The molecule has 2 aliphatic heterocycles. The lowest BCUT2D eigenvalue weighted by Gasteiger charge is -2.52. The molecule has 0 aromatic heterocycles. The summed E-state index contributed by atoms with van der Waals surface area (Å²) in [7, 11) is 0. The summed E-state index contributed by atoms with van der Waals surface area (Å²) in [5.41, 5.74) is 0. The summed E-state index contributed by atoms with van der Waals surface area (Å²) in [4.78, 5) is 13.1. The van der Waals surface area contributed by atoms with Gasteiger partial charge < -0.3 is 39.9 Å². The van der Waals surface area contributed by atoms with Gasteiger partial charge in [0.05, 0.1) is 31.4 Å². The fraction of sp³-hybridized carbons (Fsp3) is 0.929. The molecule has 2 saturated heterocycles. The number of rotatable bonds is 5. The Bertz CT molecular complexity index is 420. The quantitative estimate of drug-likeness (QED) is 0.362. The van der Waals surface area contributed by atoms with Crippen LogP contribution in [0.1, 0.15) is 20.3 Å². The van der Waals surface area contributed by atoms with Crippen LogP contribution in [0.25, 0.3) is 0 Å². The summed E-state index contributed by atoms with van der Waals surface area (Å²) in [5, 5.41) is 48.4. The van der Waals surface area contributed by atoms with Gasteiger partial charge in [0.1, 0.15) is 24.4 Å². The van der Waals surface area contributed by atoms with E-state index < -0.39 is 49.5 Å². The van der Waals surface area contributed by atoms with Crippen molar-refractivity contribution in [3.8, 4) is 0 Å². The number of amides is 1. The van der Waals surface area contributed by atoms with E-state index in [4.69, 9.17) is 14.6 Å². The minimum Gasteiger partial charge on any atom is -0.394 e. The van der Waals surface area contributed by atoms with E-state index in [1.165, 1.54) is 11.8 Å².